The van der Waals surface area contributed by atoms with E-state index >= 15 is 0 Å². The fourth-order valence-electron chi connectivity index (χ4n) is 4.53. The number of nitrogens with one attached hydrogen (secondary N) is 1. The Hall–Kier alpha value is -2.05. The van der Waals surface area contributed by atoms with Crippen LogP contribution in [-0.2, 0) is 23.3 Å². The number of rotatable bonds is 5. The van der Waals surface area contributed by atoms with E-state index in [-0.39, 0.29) is 11.2 Å². The normalized spacial score (nSPS) is 24.5. The molecule has 1 saturated heterocycles. The van der Waals surface area contributed by atoms with Gasteiger partial charge in [0.1, 0.15) is 5.82 Å². The Labute approximate surface area is 165 Å². The lowest BCUT2D eigenvalue weighted by Crippen LogP contribution is -2.41. The summed E-state index contributed by atoms with van der Waals surface area (Å²) in [6.45, 7) is 6.66. The van der Waals surface area contributed by atoms with Crippen LogP contribution in [0.3, 0.4) is 0 Å². The lowest BCUT2D eigenvalue weighted by molar-refractivity contribution is 0.0498. The molecule has 3 heterocycles. The molecule has 6 heteroatoms. The number of fused-ring (bicyclic) bond motifs is 2. The van der Waals surface area contributed by atoms with Crippen LogP contribution in [-0.4, -0.2) is 41.1 Å². The van der Waals surface area contributed by atoms with Gasteiger partial charge < -0.3 is 10.1 Å². The van der Waals surface area contributed by atoms with Gasteiger partial charge in [0, 0.05) is 36.5 Å². The van der Waals surface area contributed by atoms with Crippen LogP contribution in [0.2, 0.25) is 0 Å². The molecule has 0 unspecified atom stereocenters. The van der Waals surface area contributed by atoms with E-state index in [2.05, 4.69) is 22.1 Å². The van der Waals surface area contributed by atoms with E-state index in [1.165, 1.54) is 18.9 Å². The first-order chi connectivity index (χ1) is 13.6. The van der Waals surface area contributed by atoms with Gasteiger partial charge in [-0.25, -0.2) is 14.4 Å². The zero-order valence-electron chi connectivity index (χ0n) is 16.4. The summed E-state index contributed by atoms with van der Waals surface area (Å²) in [4.78, 5) is 12.0. The van der Waals surface area contributed by atoms with Crippen molar-refractivity contribution in [2.24, 2.45) is 5.92 Å². The standard InChI is InChI=1S/C22H27FN4O/c1-15-18-12-28-14-22(20(18)26-21(25-15)24-10-16-6-7-16)8-9-27(13-22)11-17-4-2-3-5-19(17)23/h2-5,16H,6-14H2,1H3,(H,24,25,26)/t22-/m0/s1. The summed E-state index contributed by atoms with van der Waals surface area (Å²) in [5.74, 6) is 1.39. The highest BCUT2D eigenvalue weighted by molar-refractivity contribution is 5.40. The first-order valence-corrected chi connectivity index (χ1v) is 10.3. The highest BCUT2D eigenvalue weighted by Gasteiger charge is 2.45. The maximum Gasteiger partial charge on any atom is 0.223 e. The van der Waals surface area contributed by atoms with Crippen molar-refractivity contribution in [3.05, 3.63) is 52.6 Å². The minimum Gasteiger partial charge on any atom is -0.376 e. The number of aryl methyl sites for hydroxylation is 1. The molecule has 1 saturated carbocycles. The maximum absolute atomic E-state index is 14.1. The molecular formula is C22H27FN4O. The van der Waals surface area contributed by atoms with E-state index in [1.807, 2.05) is 12.1 Å². The van der Waals surface area contributed by atoms with Crippen LogP contribution in [0.4, 0.5) is 10.3 Å². The number of ether oxygens (including phenoxy) is 1. The minimum absolute atomic E-state index is 0.122. The number of anilines is 1. The molecule has 1 aromatic heterocycles. The molecule has 1 N–H and O–H groups in total. The van der Waals surface area contributed by atoms with Gasteiger partial charge in [-0.2, -0.15) is 0 Å². The first-order valence-electron chi connectivity index (χ1n) is 10.3. The smallest absolute Gasteiger partial charge is 0.223 e. The predicted octanol–water partition coefficient (Wildman–Crippen LogP) is 3.42. The van der Waals surface area contributed by atoms with Gasteiger partial charge in [-0.15, -0.1) is 0 Å². The monoisotopic (exact) mass is 382 g/mol. The van der Waals surface area contributed by atoms with Crippen LogP contribution in [0.1, 0.15) is 41.8 Å². The summed E-state index contributed by atoms with van der Waals surface area (Å²) in [7, 11) is 0. The average Bonchev–Trinajstić information content (AvgIpc) is 3.44. The van der Waals surface area contributed by atoms with Crippen molar-refractivity contribution in [1.29, 1.82) is 0 Å². The molecule has 0 amide bonds. The summed E-state index contributed by atoms with van der Waals surface area (Å²) in [5, 5.41) is 3.44. The van der Waals surface area contributed by atoms with E-state index < -0.39 is 0 Å². The summed E-state index contributed by atoms with van der Waals surface area (Å²) in [5.41, 5.74) is 3.91. The van der Waals surface area contributed by atoms with E-state index in [0.29, 0.717) is 19.8 Å². The second kappa shape index (κ2) is 7.08. The van der Waals surface area contributed by atoms with Gasteiger partial charge in [-0.3, -0.25) is 4.90 Å². The number of hydrogen-bond acceptors (Lipinski definition) is 5. The molecule has 1 aliphatic carbocycles. The van der Waals surface area contributed by atoms with Crippen LogP contribution >= 0.6 is 0 Å². The SMILES string of the molecule is Cc1nc(NCC2CC2)nc2c1COC[C@@]21CCN(Cc2ccccc2F)C1. The van der Waals surface area contributed by atoms with Gasteiger partial charge in [0.15, 0.2) is 0 Å². The van der Waals surface area contributed by atoms with E-state index in [1.54, 1.807) is 6.07 Å². The van der Waals surface area contributed by atoms with Gasteiger partial charge in [-0.05, 0) is 44.7 Å². The van der Waals surface area contributed by atoms with E-state index in [0.717, 1.165) is 60.4 Å². The number of nitrogens with zero attached hydrogens (tertiary/aromatic N) is 3. The first kappa shape index (κ1) is 18.0. The molecular weight excluding hydrogens is 355 g/mol. The Morgan fingerprint density at radius 2 is 2.14 bits per heavy atom. The van der Waals surface area contributed by atoms with E-state index in [4.69, 9.17) is 9.72 Å². The number of benzene rings is 1. The molecule has 2 aromatic rings. The molecule has 0 bridgehead atoms. The van der Waals surface area contributed by atoms with Crippen molar-refractivity contribution < 1.29 is 9.13 Å². The van der Waals surface area contributed by atoms with Crippen molar-refractivity contribution in [2.75, 3.05) is 31.6 Å². The average molecular weight is 382 g/mol. The van der Waals surface area contributed by atoms with Crippen molar-refractivity contribution in [3.63, 3.8) is 0 Å². The lowest BCUT2D eigenvalue weighted by Gasteiger charge is -2.35. The van der Waals surface area contributed by atoms with Gasteiger partial charge >= 0.3 is 0 Å². The molecule has 2 aliphatic heterocycles. The molecule has 1 aromatic carbocycles. The van der Waals surface area contributed by atoms with Gasteiger partial charge in [0.2, 0.25) is 5.95 Å². The molecule has 5 rings (SSSR count). The molecule has 2 fully saturated rings. The van der Waals surface area contributed by atoms with Crippen molar-refractivity contribution in [1.82, 2.24) is 14.9 Å². The molecule has 148 valence electrons. The third kappa shape index (κ3) is 3.40. The van der Waals surface area contributed by atoms with Crippen molar-refractivity contribution in [2.45, 2.75) is 44.8 Å². The minimum atomic E-state index is -0.131. The van der Waals surface area contributed by atoms with Gasteiger partial charge in [0.25, 0.3) is 0 Å². The Morgan fingerprint density at radius 3 is 2.96 bits per heavy atom. The van der Waals surface area contributed by atoms with Crippen molar-refractivity contribution >= 4 is 5.95 Å². The highest BCUT2D eigenvalue weighted by Crippen LogP contribution is 2.40. The van der Waals surface area contributed by atoms with Crippen LogP contribution in [0.5, 0.6) is 0 Å². The molecule has 3 aliphatic rings. The molecule has 1 atom stereocenters. The van der Waals surface area contributed by atoms with Gasteiger partial charge in [-0.1, -0.05) is 18.2 Å². The van der Waals surface area contributed by atoms with Crippen molar-refractivity contribution in [3.8, 4) is 0 Å². The third-order valence-corrected chi connectivity index (χ3v) is 6.37. The zero-order valence-corrected chi connectivity index (χ0v) is 16.4. The van der Waals surface area contributed by atoms with Crippen LogP contribution in [0.15, 0.2) is 24.3 Å². The molecule has 1 spiro atoms. The molecule has 28 heavy (non-hydrogen) atoms. The maximum atomic E-state index is 14.1. The Morgan fingerprint density at radius 1 is 1.29 bits per heavy atom. The number of likely N-dealkylation sites (tertiary alicyclic amines) is 1. The topological polar surface area (TPSA) is 50.3 Å². The second-order valence-electron chi connectivity index (χ2n) is 8.61. The molecule has 0 radical (unpaired) electrons. The Balaban J connectivity index is 1.39. The summed E-state index contributed by atoms with van der Waals surface area (Å²) in [6.07, 6.45) is 3.59. The summed E-state index contributed by atoms with van der Waals surface area (Å²) in [6, 6.07) is 7.05. The van der Waals surface area contributed by atoms with Crippen LogP contribution in [0, 0.1) is 18.7 Å². The highest BCUT2D eigenvalue weighted by atomic mass is 19.1. The number of hydrogen-bond donors (Lipinski definition) is 1. The third-order valence-electron chi connectivity index (χ3n) is 6.37. The van der Waals surface area contributed by atoms with Crippen LogP contribution in [0.25, 0.3) is 0 Å². The predicted molar refractivity (Wildman–Crippen MR) is 106 cm³/mol. The fraction of sp³-hybridized carbons (Fsp3) is 0.545. The largest absolute Gasteiger partial charge is 0.376 e. The fourth-order valence-corrected chi connectivity index (χ4v) is 4.53. The summed E-state index contributed by atoms with van der Waals surface area (Å²) < 4.78 is 20.1. The molecule has 5 nitrogen and oxygen atoms in total. The Bertz CT molecular complexity index is 885. The summed E-state index contributed by atoms with van der Waals surface area (Å²) >= 11 is 0. The zero-order chi connectivity index (χ0) is 19.1. The quantitative estimate of drug-likeness (QED) is 0.859. The van der Waals surface area contributed by atoms with Gasteiger partial charge in [0.05, 0.1) is 24.3 Å². The van der Waals surface area contributed by atoms with E-state index in [9.17, 15) is 4.39 Å². The number of halogens is 1. The second-order valence-corrected chi connectivity index (χ2v) is 8.61. The number of aromatic nitrogens is 2. The van der Waals surface area contributed by atoms with Crippen LogP contribution < -0.4 is 5.32 Å². The lowest BCUT2D eigenvalue weighted by atomic mass is 9.80. The Kier molecular flexibility index (Phi) is 4.56.